The minimum Gasteiger partial charge on any atom is -0.493 e. The summed E-state index contributed by atoms with van der Waals surface area (Å²) in [6, 6.07) is 14.4. The van der Waals surface area contributed by atoms with E-state index in [-0.39, 0.29) is 12.1 Å². The summed E-state index contributed by atoms with van der Waals surface area (Å²) in [5.74, 6) is 1.84. The molecule has 0 aliphatic heterocycles. The second-order valence-corrected chi connectivity index (χ2v) is 7.62. The number of hydrogen-bond donors (Lipinski definition) is 0. The summed E-state index contributed by atoms with van der Waals surface area (Å²) in [5.41, 5.74) is 2.45. The van der Waals surface area contributed by atoms with Crippen LogP contribution in [-0.4, -0.2) is 38.5 Å². The summed E-state index contributed by atoms with van der Waals surface area (Å²) in [5, 5.41) is 9.15. The first kappa shape index (κ1) is 20.8. The van der Waals surface area contributed by atoms with E-state index in [0.29, 0.717) is 45.0 Å². The Morgan fingerprint density at radius 1 is 0.970 bits per heavy atom. The lowest BCUT2D eigenvalue weighted by Gasteiger charge is -2.07. The fourth-order valence-corrected chi connectivity index (χ4v) is 3.60. The van der Waals surface area contributed by atoms with E-state index in [1.807, 2.05) is 12.1 Å². The number of hydrogen-bond acceptors (Lipinski definition) is 7. The van der Waals surface area contributed by atoms with Crippen molar-refractivity contribution in [3.8, 4) is 34.1 Å². The van der Waals surface area contributed by atoms with Crippen LogP contribution in [0.15, 0.2) is 70.2 Å². The summed E-state index contributed by atoms with van der Waals surface area (Å²) < 4.78 is 19.0. The first-order valence-corrected chi connectivity index (χ1v) is 10.3. The maximum absolute atomic E-state index is 13.0. The molecular formula is C23H18ClN5O4. The highest BCUT2D eigenvalue weighted by Crippen LogP contribution is 2.31. The molecule has 0 N–H and O–H groups in total. The molecule has 166 valence electrons. The second-order valence-electron chi connectivity index (χ2n) is 7.18. The Balaban J connectivity index is 1.43. The SMILES string of the molecule is COc1ccc(-c2noc(Cn3ccn4nc(-c5ccc(Cl)cc5)cc4c3=O)n2)cc1OC. The number of nitrogens with zero attached hydrogens (tertiary/aromatic N) is 5. The number of ether oxygens (including phenoxy) is 2. The molecule has 0 saturated carbocycles. The van der Waals surface area contributed by atoms with Crippen molar-refractivity contribution in [3.05, 3.63) is 82.2 Å². The molecule has 33 heavy (non-hydrogen) atoms. The van der Waals surface area contributed by atoms with Gasteiger partial charge >= 0.3 is 0 Å². The molecule has 9 nitrogen and oxygen atoms in total. The standard InChI is InChI=1S/C23H18ClN5O4/c1-31-19-8-5-15(11-20(19)32-2)22-25-21(33-27-22)13-28-9-10-29-18(23(28)30)12-17(26-29)14-3-6-16(24)7-4-14/h3-12H,13H2,1-2H3. The molecule has 3 aromatic heterocycles. The summed E-state index contributed by atoms with van der Waals surface area (Å²) in [7, 11) is 3.12. The number of aromatic nitrogens is 5. The van der Waals surface area contributed by atoms with Gasteiger partial charge in [-0.15, -0.1) is 0 Å². The van der Waals surface area contributed by atoms with Gasteiger partial charge in [-0.05, 0) is 36.4 Å². The van der Waals surface area contributed by atoms with Crippen LogP contribution in [0.3, 0.4) is 0 Å². The normalized spacial score (nSPS) is 11.1. The first-order chi connectivity index (χ1) is 16.1. The number of rotatable bonds is 6. The maximum atomic E-state index is 13.0. The quantitative estimate of drug-likeness (QED) is 0.376. The Labute approximate surface area is 192 Å². The Morgan fingerprint density at radius 3 is 2.48 bits per heavy atom. The zero-order chi connectivity index (χ0) is 22.9. The molecule has 0 radical (unpaired) electrons. The number of methoxy groups -OCH3 is 2. The average Bonchev–Trinajstić information content (AvgIpc) is 3.49. The molecule has 2 aromatic carbocycles. The third kappa shape index (κ3) is 3.94. The van der Waals surface area contributed by atoms with E-state index in [4.69, 9.17) is 25.6 Å². The highest BCUT2D eigenvalue weighted by Gasteiger charge is 2.14. The van der Waals surface area contributed by atoms with Crippen LogP contribution in [0.2, 0.25) is 5.02 Å². The number of halogens is 1. The van der Waals surface area contributed by atoms with Crippen molar-refractivity contribution in [2.24, 2.45) is 0 Å². The molecule has 0 unspecified atom stereocenters. The molecule has 5 aromatic rings. The predicted octanol–water partition coefficient (Wildman–Crippen LogP) is 3.93. The largest absolute Gasteiger partial charge is 0.493 e. The third-order valence-corrected chi connectivity index (χ3v) is 5.41. The fourth-order valence-electron chi connectivity index (χ4n) is 3.47. The fraction of sp³-hybridized carbons (Fsp3) is 0.130. The maximum Gasteiger partial charge on any atom is 0.277 e. The predicted molar refractivity (Wildman–Crippen MR) is 122 cm³/mol. The monoisotopic (exact) mass is 463 g/mol. The van der Waals surface area contributed by atoms with E-state index >= 15 is 0 Å². The van der Waals surface area contributed by atoms with Crippen molar-refractivity contribution < 1.29 is 14.0 Å². The smallest absolute Gasteiger partial charge is 0.277 e. The molecule has 0 atom stereocenters. The first-order valence-electron chi connectivity index (χ1n) is 9.95. The van der Waals surface area contributed by atoms with Crippen LogP contribution in [-0.2, 0) is 6.54 Å². The Hall–Kier alpha value is -4.11. The van der Waals surface area contributed by atoms with E-state index in [1.54, 1.807) is 67.5 Å². The highest BCUT2D eigenvalue weighted by molar-refractivity contribution is 6.30. The van der Waals surface area contributed by atoms with Gasteiger partial charge in [0.15, 0.2) is 11.5 Å². The topological polar surface area (TPSA) is 96.7 Å². The van der Waals surface area contributed by atoms with Gasteiger partial charge in [0.2, 0.25) is 11.7 Å². The summed E-state index contributed by atoms with van der Waals surface area (Å²) in [4.78, 5) is 17.4. The summed E-state index contributed by atoms with van der Waals surface area (Å²) >= 11 is 5.96. The zero-order valence-corrected chi connectivity index (χ0v) is 18.5. The highest BCUT2D eigenvalue weighted by atomic mass is 35.5. The van der Waals surface area contributed by atoms with Gasteiger partial charge < -0.3 is 18.6 Å². The van der Waals surface area contributed by atoms with Crippen molar-refractivity contribution in [2.75, 3.05) is 14.2 Å². The molecule has 3 heterocycles. The molecule has 0 saturated heterocycles. The van der Waals surface area contributed by atoms with Gasteiger partial charge in [-0.2, -0.15) is 10.1 Å². The number of fused-ring (bicyclic) bond motifs is 1. The van der Waals surface area contributed by atoms with Gasteiger partial charge in [-0.1, -0.05) is 28.9 Å². The van der Waals surface area contributed by atoms with Crippen LogP contribution in [0.5, 0.6) is 11.5 Å². The molecule has 5 rings (SSSR count). The molecule has 0 spiro atoms. The van der Waals surface area contributed by atoms with Crippen LogP contribution in [0.25, 0.3) is 28.2 Å². The van der Waals surface area contributed by atoms with Crippen molar-refractivity contribution >= 4 is 17.1 Å². The lowest BCUT2D eigenvalue weighted by molar-refractivity contribution is 0.355. The lowest BCUT2D eigenvalue weighted by Crippen LogP contribution is -2.21. The van der Waals surface area contributed by atoms with Crippen molar-refractivity contribution in [1.29, 1.82) is 0 Å². The van der Waals surface area contributed by atoms with Crippen LogP contribution in [0.1, 0.15) is 5.89 Å². The molecule has 0 amide bonds. The van der Waals surface area contributed by atoms with E-state index in [9.17, 15) is 4.79 Å². The van der Waals surface area contributed by atoms with E-state index in [1.165, 1.54) is 4.57 Å². The molecule has 10 heteroatoms. The minimum atomic E-state index is -0.226. The van der Waals surface area contributed by atoms with E-state index in [2.05, 4.69) is 15.2 Å². The molecular weight excluding hydrogens is 446 g/mol. The van der Waals surface area contributed by atoms with Gasteiger partial charge in [0.05, 0.1) is 19.9 Å². The second kappa shape index (κ2) is 8.44. The Morgan fingerprint density at radius 2 is 1.73 bits per heavy atom. The van der Waals surface area contributed by atoms with Gasteiger partial charge in [-0.25, -0.2) is 4.52 Å². The Bertz CT molecular complexity index is 1500. The van der Waals surface area contributed by atoms with Crippen molar-refractivity contribution in [1.82, 2.24) is 24.3 Å². The van der Waals surface area contributed by atoms with Crippen molar-refractivity contribution in [2.45, 2.75) is 6.54 Å². The third-order valence-electron chi connectivity index (χ3n) is 5.16. The molecule has 0 aliphatic carbocycles. The van der Waals surface area contributed by atoms with Crippen LogP contribution < -0.4 is 15.0 Å². The Kier molecular flexibility index (Phi) is 5.31. The van der Waals surface area contributed by atoms with E-state index < -0.39 is 0 Å². The summed E-state index contributed by atoms with van der Waals surface area (Å²) in [6.45, 7) is 0.122. The van der Waals surface area contributed by atoms with Gasteiger partial charge in [-0.3, -0.25) is 4.79 Å². The molecule has 0 aliphatic rings. The average molecular weight is 464 g/mol. The molecule has 0 fully saturated rings. The van der Waals surface area contributed by atoms with Crippen LogP contribution in [0.4, 0.5) is 0 Å². The van der Waals surface area contributed by atoms with Crippen LogP contribution >= 0.6 is 11.6 Å². The summed E-state index contributed by atoms with van der Waals surface area (Å²) in [6.07, 6.45) is 3.34. The van der Waals surface area contributed by atoms with Gasteiger partial charge in [0, 0.05) is 28.5 Å². The van der Waals surface area contributed by atoms with E-state index in [0.717, 1.165) is 5.56 Å². The lowest BCUT2D eigenvalue weighted by atomic mass is 10.1. The number of benzene rings is 2. The van der Waals surface area contributed by atoms with Crippen LogP contribution in [0, 0.1) is 0 Å². The minimum absolute atomic E-state index is 0.122. The zero-order valence-electron chi connectivity index (χ0n) is 17.7. The van der Waals surface area contributed by atoms with Crippen molar-refractivity contribution in [3.63, 3.8) is 0 Å². The molecule has 0 bridgehead atoms. The van der Waals surface area contributed by atoms with Gasteiger partial charge in [0.1, 0.15) is 12.1 Å². The van der Waals surface area contributed by atoms with Gasteiger partial charge in [0.25, 0.3) is 5.56 Å².